The van der Waals surface area contributed by atoms with Crippen molar-refractivity contribution in [2.75, 3.05) is 14.1 Å². The Morgan fingerprint density at radius 1 is 1.08 bits per heavy atom. The van der Waals surface area contributed by atoms with E-state index in [2.05, 4.69) is 5.10 Å². The number of hydrogen-bond donors (Lipinski definition) is 0. The predicted molar refractivity (Wildman–Crippen MR) is 92.1 cm³/mol. The molecule has 2 heterocycles. The highest BCUT2D eigenvalue weighted by Gasteiger charge is 2.31. The third kappa shape index (κ3) is 3.71. The third-order valence-electron chi connectivity index (χ3n) is 3.90. The van der Waals surface area contributed by atoms with Crippen molar-refractivity contribution in [3.05, 3.63) is 71.8 Å². The number of hydrogen-bond acceptors (Lipinski definition) is 2. The van der Waals surface area contributed by atoms with Crippen LogP contribution in [0.5, 0.6) is 0 Å². The van der Waals surface area contributed by atoms with Crippen molar-refractivity contribution in [3.8, 4) is 11.3 Å². The zero-order chi connectivity index (χ0) is 18.9. The Kier molecular flexibility index (Phi) is 4.71. The SMILES string of the molecule is CN(C)C=CCc1c(-c2ccc(F)cc2)nn2cc(C(F)(F)F)ccc12. The summed E-state index contributed by atoms with van der Waals surface area (Å²) >= 11 is 0. The second kappa shape index (κ2) is 6.82. The predicted octanol–water partition coefficient (Wildman–Crippen LogP) is 4.78. The highest BCUT2D eigenvalue weighted by atomic mass is 19.4. The van der Waals surface area contributed by atoms with Gasteiger partial charge in [0.15, 0.2) is 0 Å². The molecule has 0 aliphatic rings. The van der Waals surface area contributed by atoms with Crippen LogP contribution in [0.25, 0.3) is 16.8 Å². The largest absolute Gasteiger partial charge is 0.417 e. The summed E-state index contributed by atoms with van der Waals surface area (Å²) < 4.78 is 53.4. The van der Waals surface area contributed by atoms with E-state index in [4.69, 9.17) is 0 Å². The molecule has 0 amide bonds. The van der Waals surface area contributed by atoms with Gasteiger partial charge in [-0.15, -0.1) is 0 Å². The van der Waals surface area contributed by atoms with E-state index < -0.39 is 11.7 Å². The van der Waals surface area contributed by atoms with Crippen LogP contribution in [-0.2, 0) is 12.6 Å². The van der Waals surface area contributed by atoms with Crippen molar-refractivity contribution in [2.45, 2.75) is 12.6 Å². The molecule has 0 aliphatic heterocycles. The van der Waals surface area contributed by atoms with Crippen LogP contribution in [0.1, 0.15) is 11.1 Å². The quantitative estimate of drug-likeness (QED) is 0.622. The Labute approximate surface area is 148 Å². The van der Waals surface area contributed by atoms with Gasteiger partial charge in [-0.1, -0.05) is 6.08 Å². The molecule has 0 atom stereocenters. The number of alkyl halides is 3. The maximum absolute atomic E-state index is 13.2. The maximum Gasteiger partial charge on any atom is 0.417 e. The molecule has 3 aromatic rings. The standard InChI is InChI=1S/C19H17F4N3/c1-25(2)11-3-4-16-17-10-7-14(19(21,22)23)12-26(17)24-18(16)13-5-8-15(20)9-6-13/h3,5-12H,4H2,1-2H3. The molecule has 0 N–H and O–H groups in total. The fourth-order valence-electron chi connectivity index (χ4n) is 2.69. The minimum Gasteiger partial charge on any atom is -0.384 e. The molecular formula is C19H17F4N3. The van der Waals surface area contributed by atoms with Crippen LogP contribution >= 0.6 is 0 Å². The van der Waals surface area contributed by atoms with Crippen LogP contribution in [0.2, 0.25) is 0 Å². The molecule has 0 bridgehead atoms. The van der Waals surface area contributed by atoms with E-state index >= 15 is 0 Å². The molecule has 0 spiro atoms. The zero-order valence-electron chi connectivity index (χ0n) is 14.3. The van der Waals surface area contributed by atoms with Gasteiger partial charge in [0.05, 0.1) is 16.8 Å². The van der Waals surface area contributed by atoms with Crippen LogP contribution in [0.15, 0.2) is 54.9 Å². The van der Waals surface area contributed by atoms with Crippen LogP contribution in [0.3, 0.4) is 0 Å². The minimum absolute atomic E-state index is 0.383. The number of allylic oxidation sites excluding steroid dienone is 1. The van der Waals surface area contributed by atoms with Crippen LogP contribution in [0.4, 0.5) is 17.6 Å². The molecule has 0 unspecified atom stereocenters. The lowest BCUT2D eigenvalue weighted by Crippen LogP contribution is -2.06. The molecule has 0 radical (unpaired) electrons. The zero-order valence-corrected chi connectivity index (χ0v) is 14.3. The number of rotatable bonds is 4. The van der Waals surface area contributed by atoms with Gasteiger partial charge in [-0.05, 0) is 49.0 Å². The summed E-state index contributed by atoms with van der Waals surface area (Å²) in [5, 5.41) is 4.33. The number of fused-ring (bicyclic) bond motifs is 1. The molecule has 0 saturated carbocycles. The molecule has 3 rings (SSSR count). The minimum atomic E-state index is -4.44. The maximum atomic E-state index is 13.2. The first-order valence-corrected chi connectivity index (χ1v) is 7.93. The van der Waals surface area contributed by atoms with E-state index in [1.807, 2.05) is 31.3 Å². The highest BCUT2D eigenvalue weighted by molar-refractivity contribution is 5.73. The smallest absolute Gasteiger partial charge is 0.384 e. The molecule has 0 aliphatic carbocycles. The normalized spacial score (nSPS) is 12.2. The van der Waals surface area contributed by atoms with Gasteiger partial charge in [0.2, 0.25) is 0 Å². The summed E-state index contributed by atoms with van der Waals surface area (Å²) in [5.74, 6) is -0.383. The molecule has 7 heteroatoms. The van der Waals surface area contributed by atoms with Gasteiger partial charge >= 0.3 is 6.18 Å². The molecular weight excluding hydrogens is 346 g/mol. The molecule has 26 heavy (non-hydrogen) atoms. The summed E-state index contributed by atoms with van der Waals surface area (Å²) in [6.07, 6.45) is 0.784. The van der Waals surface area contributed by atoms with E-state index in [9.17, 15) is 17.6 Å². The van der Waals surface area contributed by atoms with E-state index in [1.54, 1.807) is 12.1 Å². The van der Waals surface area contributed by atoms with E-state index in [0.717, 1.165) is 17.8 Å². The first-order valence-electron chi connectivity index (χ1n) is 7.93. The van der Waals surface area contributed by atoms with Gasteiger partial charge < -0.3 is 4.90 Å². The van der Waals surface area contributed by atoms with Crippen LogP contribution in [0, 0.1) is 5.82 Å². The Bertz CT molecular complexity index is 938. The second-order valence-electron chi connectivity index (χ2n) is 6.13. The first kappa shape index (κ1) is 18.0. The van der Waals surface area contributed by atoms with Crippen molar-refractivity contribution >= 4 is 5.52 Å². The Hall–Kier alpha value is -2.83. The average Bonchev–Trinajstić information content (AvgIpc) is 2.92. The third-order valence-corrected chi connectivity index (χ3v) is 3.90. The fraction of sp³-hybridized carbons (Fsp3) is 0.211. The average molecular weight is 363 g/mol. The Morgan fingerprint density at radius 2 is 1.77 bits per heavy atom. The van der Waals surface area contributed by atoms with E-state index in [0.29, 0.717) is 23.2 Å². The Morgan fingerprint density at radius 3 is 2.38 bits per heavy atom. The lowest BCUT2D eigenvalue weighted by Gasteiger charge is -2.07. The van der Waals surface area contributed by atoms with Gasteiger partial charge in [-0.2, -0.15) is 18.3 Å². The summed E-state index contributed by atoms with van der Waals surface area (Å²) in [5.41, 5.74) is 1.78. The van der Waals surface area contributed by atoms with E-state index in [-0.39, 0.29) is 5.82 Å². The van der Waals surface area contributed by atoms with Crippen LogP contribution < -0.4 is 0 Å². The summed E-state index contributed by atoms with van der Waals surface area (Å²) in [7, 11) is 3.76. The second-order valence-corrected chi connectivity index (χ2v) is 6.13. The Balaban J connectivity index is 2.15. The van der Waals surface area contributed by atoms with Crippen molar-refractivity contribution in [1.29, 1.82) is 0 Å². The summed E-state index contributed by atoms with van der Waals surface area (Å²) in [6.45, 7) is 0. The molecule has 2 aromatic heterocycles. The molecule has 1 aromatic carbocycles. The van der Waals surface area contributed by atoms with Gasteiger partial charge in [0, 0.05) is 31.4 Å². The molecule has 3 nitrogen and oxygen atoms in total. The summed E-state index contributed by atoms with van der Waals surface area (Å²) in [6, 6.07) is 8.22. The molecule has 0 saturated heterocycles. The van der Waals surface area contributed by atoms with Gasteiger partial charge in [0.1, 0.15) is 5.82 Å². The lowest BCUT2D eigenvalue weighted by molar-refractivity contribution is -0.137. The van der Waals surface area contributed by atoms with Gasteiger partial charge in [-0.3, -0.25) is 0 Å². The topological polar surface area (TPSA) is 20.5 Å². The van der Waals surface area contributed by atoms with Gasteiger partial charge in [0.25, 0.3) is 0 Å². The highest BCUT2D eigenvalue weighted by Crippen LogP contribution is 2.32. The first-order chi connectivity index (χ1) is 12.3. The number of aromatic nitrogens is 2. The summed E-state index contributed by atoms with van der Waals surface area (Å²) in [4.78, 5) is 1.87. The fourth-order valence-corrected chi connectivity index (χ4v) is 2.69. The van der Waals surface area contributed by atoms with Gasteiger partial charge in [-0.25, -0.2) is 8.91 Å². The number of halogens is 4. The number of nitrogens with zero attached hydrogens (tertiary/aromatic N) is 3. The van der Waals surface area contributed by atoms with Crippen molar-refractivity contribution < 1.29 is 17.6 Å². The number of benzene rings is 1. The molecule has 136 valence electrons. The van der Waals surface area contributed by atoms with Crippen LogP contribution in [-0.4, -0.2) is 28.6 Å². The number of pyridine rings is 1. The van der Waals surface area contributed by atoms with Crippen molar-refractivity contribution in [2.24, 2.45) is 0 Å². The van der Waals surface area contributed by atoms with Crippen molar-refractivity contribution in [1.82, 2.24) is 14.5 Å². The van der Waals surface area contributed by atoms with E-state index in [1.165, 1.54) is 22.7 Å². The van der Waals surface area contributed by atoms with Crippen molar-refractivity contribution in [3.63, 3.8) is 0 Å². The monoisotopic (exact) mass is 363 g/mol. The molecule has 0 fully saturated rings. The lowest BCUT2D eigenvalue weighted by atomic mass is 10.0.